The monoisotopic (exact) mass is 257 g/mol. The number of rotatable bonds is 4. The van der Waals surface area contributed by atoms with Gasteiger partial charge in [-0.05, 0) is 12.1 Å². The first-order chi connectivity index (χ1) is 8.36. The summed E-state index contributed by atoms with van der Waals surface area (Å²) in [6, 6.07) is 0.645. The van der Waals surface area contributed by atoms with Crippen molar-refractivity contribution in [3.8, 4) is 5.75 Å². The van der Waals surface area contributed by atoms with Gasteiger partial charge in [0.15, 0.2) is 11.6 Å². The van der Waals surface area contributed by atoms with Gasteiger partial charge in [-0.15, -0.1) is 0 Å². The zero-order valence-electron chi connectivity index (χ0n) is 9.51. The number of carbonyl (C=O) groups is 2. The fourth-order valence-corrected chi connectivity index (χ4v) is 1.40. The molecular weight excluding hydrogens is 245 g/mol. The molecule has 0 aliphatic rings. The van der Waals surface area contributed by atoms with Crippen LogP contribution in [0.2, 0.25) is 0 Å². The Morgan fingerprint density at radius 3 is 2.61 bits per heavy atom. The zero-order valence-corrected chi connectivity index (χ0v) is 9.51. The predicted molar refractivity (Wildman–Crippen MR) is 58.6 cm³/mol. The van der Waals surface area contributed by atoms with E-state index in [0.29, 0.717) is 6.07 Å². The molecule has 0 amide bonds. The molecule has 0 bridgehead atoms. The van der Waals surface area contributed by atoms with Gasteiger partial charge in [0.1, 0.15) is 0 Å². The van der Waals surface area contributed by atoms with Crippen LogP contribution in [-0.2, 0) is 9.53 Å². The lowest BCUT2D eigenvalue weighted by atomic mass is 10.0. The smallest absolute Gasteiger partial charge is 0.335 e. The Balaban J connectivity index is 3.14. The van der Waals surface area contributed by atoms with E-state index in [1.807, 2.05) is 0 Å². The summed E-state index contributed by atoms with van der Waals surface area (Å²) in [5.74, 6) is -3.88. The third-order valence-corrected chi connectivity index (χ3v) is 2.35. The van der Waals surface area contributed by atoms with E-state index in [4.69, 9.17) is 10.8 Å². The molecule has 0 saturated carbocycles. The molecule has 0 fully saturated rings. The van der Waals surface area contributed by atoms with Crippen molar-refractivity contribution in [1.82, 2.24) is 0 Å². The van der Waals surface area contributed by atoms with E-state index >= 15 is 0 Å². The lowest BCUT2D eigenvalue weighted by Crippen LogP contribution is -2.17. The molecule has 0 aromatic heterocycles. The first-order valence-electron chi connectivity index (χ1n) is 4.95. The van der Waals surface area contributed by atoms with Crippen molar-refractivity contribution in [2.75, 3.05) is 7.11 Å². The van der Waals surface area contributed by atoms with Gasteiger partial charge in [-0.1, -0.05) is 0 Å². The number of esters is 1. The van der Waals surface area contributed by atoms with E-state index in [1.165, 1.54) is 0 Å². The minimum absolute atomic E-state index is 0.155. The molecule has 18 heavy (non-hydrogen) atoms. The normalized spacial score (nSPS) is 11.9. The second-order valence-corrected chi connectivity index (χ2v) is 3.59. The molecule has 0 aliphatic carbocycles. The van der Waals surface area contributed by atoms with E-state index in [9.17, 15) is 19.1 Å². The van der Waals surface area contributed by atoms with E-state index in [1.54, 1.807) is 0 Å². The molecule has 0 spiro atoms. The fraction of sp³-hybridized carbons (Fsp3) is 0.273. The lowest BCUT2D eigenvalue weighted by molar-refractivity contribution is -0.141. The predicted octanol–water partition coefficient (Wildman–Crippen LogP) is 0.792. The van der Waals surface area contributed by atoms with E-state index < -0.39 is 29.5 Å². The summed E-state index contributed by atoms with van der Waals surface area (Å²) in [7, 11) is 1.16. The van der Waals surface area contributed by atoms with Gasteiger partial charge < -0.3 is 20.7 Å². The van der Waals surface area contributed by atoms with E-state index in [0.717, 1.165) is 13.2 Å². The molecule has 0 radical (unpaired) electrons. The summed E-state index contributed by atoms with van der Waals surface area (Å²) in [5.41, 5.74) is 5.07. The van der Waals surface area contributed by atoms with Crippen LogP contribution in [0.1, 0.15) is 28.4 Å². The highest BCUT2D eigenvalue weighted by Gasteiger charge is 2.20. The molecule has 1 rings (SSSR count). The number of hydrogen-bond acceptors (Lipinski definition) is 5. The maximum absolute atomic E-state index is 13.3. The molecule has 0 saturated heterocycles. The van der Waals surface area contributed by atoms with Crippen LogP contribution in [0.5, 0.6) is 5.75 Å². The third kappa shape index (κ3) is 2.95. The number of benzene rings is 1. The molecule has 98 valence electrons. The van der Waals surface area contributed by atoms with Gasteiger partial charge in [0.25, 0.3) is 0 Å². The zero-order chi connectivity index (χ0) is 13.9. The van der Waals surface area contributed by atoms with Gasteiger partial charge in [0.05, 0.1) is 19.1 Å². The summed E-state index contributed by atoms with van der Waals surface area (Å²) in [6.07, 6.45) is -0.299. The van der Waals surface area contributed by atoms with Crippen molar-refractivity contribution in [3.63, 3.8) is 0 Å². The highest BCUT2D eigenvalue weighted by atomic mass is 19.1. The van der Waals surface area contributed by atoms with Crippen molar-refractivity contribution in [2.24, 2.45) is 5.73 Å². The Morgan fingerprint density at radius 2 is 2.11 bits per heavy atom. The van der Waals surface area contributed by atoms with Crippen LogP contribution < -0.4 is 5.73 Å². The third-order valence-electron chi connectivity index (χ3n) is 2.35. The standard InChI is InChI=1S/C11H12FNO5/c1-18-9(14)4-8(13)6-2-5(11(16)17)3-7(12)10(6)15/h2-3,8,15H,4,13H2,1H3,(H,16,17)/t8-/m1/s1. The Hall–Kier alpha value is -2.15. The van der Waals surface area contributed by atoms with Crippen LogP contribution in [0.4, 0.5) is 4.39 Å². The van der Waals surface area contributed by atoms with Crippen LogP contribution >= 0.6 is 0 Å². The number of carboxylic acid groups (broad SMARTS) is 1. The number of ether oxygens (including phenoxy) is 1. The summed E-state index contributed by atoms with van der Waals surface area (Å²) in [4.78, 5) is 21.8. The SMILES string of the molecule is COC(=O)C[C@@H](N)c1cc(C(=O)O)cc(F)c1O. The number of aromatic hydroxyl groups is 1. The molecule has 0 aliphatic heterocycles. The Kier molecular flexibility index (Phi) is 4.22. The molecule has 6 nitrogen and oxygen atoms in total. The van der Waals surface area contributed by atoms with E-state index in [2.05, 4.69) is 4.74 Å². The van der Waals surface area contributed by atoms with Crippen LogP contribution in [-0.4, -0.2) is 29.3 Å². The molecule has 1 aromatic rings. The number of carboxylic acids is 1. The van der Waals surface area contributed by atoms with Gasteiger partial charge in [0, 0.05) is 11.6 Å². The van der Waals surface area contributed by atoms with E-state index in [-0.39, 0.29) is 17.5 Å². The number of methoxy groups -OCH3 is 1. The van der Waals surface area contributed by atoms with Crippen LogP contribution in [0.25, 0.3) is 0 Å². The maximum atomic E-state index is 13.3. The average Bonchev–Trinajstić information content (AvgIpc) is 2.31. The summed E-state index contributed by atoms with van der Waals surface area (Å²) >= 11 is 0. The van der Waals surface area contributed by atoms with Gasteiger partial charge in [0.2, 0.25) is 0 Å². The Morgan fingerprint density at radius 1 is 1.50 bits per heavy atom. The van der Waals surface area contributed by atoms with Crippen LogP contribution in [0.3, 0.4) is 0 Å². The second-order valence-electron chi connectivity index (χ2n) is 3.59. The number of hydrogen-bond donors (Lipinski definition) is 3. The first kappa shape index (κ1) is 13.9. The molecule has 0 heterocycles. The van der Waals surface area contributed by atoms with Gasteiger partial charge in [-0.3, -0.25) is 4.79 Å². The number of carbonyl (C=O) groups excluding carboxylic acids is 1. The average molecular weight is 257 g/mol. The maximum Gasteiger partial charge on any atom is 0.335 e. The van der Waals surface area contributed by atoms with Crippen molar-refractivity contribution in [3.05, 3.63) is 29.1 Å². The quantitative estimate of drug-likeness (QED) is 0.688. The molecule has 1 aromatic carbocycles. The largest absolute Gasteiger partial charge is 0.505 e. The summed E-state index contributed by atoms with van der Waals surface area (Å²) < 4.78 is 17.7. The molecule has 0 unspecified atom stereocenters. The highest BCUT2D eigenvalue weighted by Crippen LogP contribution is 2.29. The molecule has 7 heteroatoms. The lowest BCUT2D eigenvalue weighted by Gasteiger charge is -2.13. The second kappa shape index (κ2) is 5.46. The number of aromatic carboxylic acids is 1. The number of halogens is 1. The minimum atomic E-state index is -1.36. The Bertz CT molecular complexity index is 489. The highest BCUT2D eigenvalue weighted by molar-refractivity contribution is 5.88. The summed E-state index contributed by atoms with van der Waals surface area (Å²) in [6.45, 7) is 0. The van der Waals surface area contributed by atoms with Crippen molar-refractivity contribution >= 4 is 11.9 Å². The molecule has 4 N–H and O–H groups in total. The van der Waals surface area contributed by atoms with Crippen LogP contribution in [0.15, 0.2) is 12.1 Å². The first-order valence-corrected chi connectivity index (χ1v) is 4.95. The van der Waals surface area contributed by atoms with Crippen molar-refractivity contribution in [1.29, 1.82) is 0 Å². The van der Waals surface area contributed by atoms with Crippen molar-refractivity contribution < 1.29 is 28.9 Å². The van der Waals surface area contributed by atoms with Gasteiger partial charge in [-0.2, -0.15) is 0 Å². The molecule has 1 atom stereocenters. The Labute approximate surface area is 102 Å². The molecular formula is C11H12FNO5. The summed E-state index contributed by atoms with van der Waals surface area (Å²) in [5, 5.41) is 18.2. The van der Waals surface area contributed by atoms with Gasteiger partial charge in [-0.25, -0.2) is 9.18 Å². The van der Waals surface area contributed by atoms with Gasteiger partial charge >= 0.3 is 11.9 Å². The number of nitrogens with two attached hydrogens (primary N) is 1. The number of phenolic OH excluding ortho intramolecular Hbond substituents is 1. The number of phenols is 1. The van der Waals surface area contributed by atoms with Crippen molar-refractivity contribution in [2.45, 2.75) is 12.5 Å². The van der Waals surface area contributed by atoms with Crippen LogP contribution in [0, 0.1) is 5.82 Å². The fourth-order valence-electron chi connectivity index (χ4n) is 1.40. The topological polar surface area (TPSA) is 110 Å². The minimum Gasteiger partial charge on any atom is -0.505 e.